The van der Waals surface area contributed by atoms with Gasteiger partial charge in [-0.3, -0.25) is 4.90 Å². The monoisotopic (exact) mass is 351 g/mol. The zero-order chi connectivity index (χ0) is 17.7. The Morgan fingerprint density at radius 3 is 2.85 bits per heavy atom. The summed E-state index contributed by atoms with van der Waals surface area (Å²) < 4.78 is 11.6. The van der Waals surface area contributed by atoms with Gasteiger partial charge in [-0.05, 0) is 50.2 Å². The molecule has 0 aromatic heterocycles. The number of benzene rings is 2. The van der Waals surface area contributed by atoms with Gasteiger partial charge in [0, 0.05) is 6.07 Å². The lowest BCUT2D eigenvalue weighted by Crippen LogP contribution is -2.53. The van der Waals surface area contributed by atoms with Gasteiger partial charge in [0.2, 0.25) is 0 Å². The molecule has 5 rings (SSSR count). The Morgan fingerprint density at radius 1 is 1.19 bits per heavy atom. The largest absolute Gasteiger partial charge is 0.497 e. The van der Waals surface area contributed by atoms with E-state index in [4.69, 9.17) is 20.4 Å². The summed E-state index contributed by atoms with van der Waals surface area (Å²) in [4.78, 5) is 2.47. The van der Waals surface area contributed by atoms with Gasteiger partial charge in [-0.15, -0.1) is 5.84 Å². The summed E-state index contributed by atoms with van der Waals surface area (Å²) in [7, 11) is 1.67. The zero-order valence-electron chi connectivity index (χ0n) is 14.9. The first kappa shape index (κ1) is 15.8. The van der Waals surface area contributed by atoms with Crippen molar-refractivity contribution >= 4 is 11.4 Å². The lowest BCUT2D eigenvalue weighted by Gasteiger charge is -2.25. The lowest BCUT2D eigenvalue weighted by atomic mass is 9.97. The van der Waals surface area contributed by atoms with E-state index in [1.807, 2.05) is 30.3 Å². The molecule has 2 aromatic carbocycles. The van der Waals surface area contributed by atoms with E-state index in [9.17, 15) is 0 Å². The molecule has 3 aliphatic heterocycles. The van der Waals surface area contributed by atoms with E-state index in [1.165, 1.54) is 12.8 Å². The van der Waals surface area contributed by atoms with Gasteiger partial charge < -0.3 is 9.47 Å². The van der Waals surface area contributed by atoms with Crippen LogP contribution in [0.25, 0.3) is 0 Å². The topological polar surface area (TPSA) is 60.1 Å². The van der Waals surface area contributed by atoms with Crippen molar-refractivity contribution in [2.24, 2.45) is 10.9 Å². The van der Waals surface area contributed by atoms with E-state index < -0.39 is 0 Å². The number of nitrogens with zero attached hydrogens (tertiary/aromatic N) is 3. The maximum Gasteiger partial charge on any atom is 0.192 e. The molecule has 0 bridgehead atoms. The van der Waals surface area contributed by atoms with Crippen molar-refractivity contribution in [2.75, 3.05) is 33.3 Å². The number of hydrogen-bond acceptors (Lipinski definition) is 5. The minimum Gasteiger partial charge on any atom is -0.497 e. The third-order valence-corrected chi connectivity index (χ3v) is 5.55. The van der Waals surface area contributed by atoms with Crippen molar-refractivity contribution in [3.63, 3.8) is 0 Å². The zero-order valence-corrected chi connectivity index (χ0v) is 14.9. The van der Waals surface area contributed by atoms with E-state index >= 15 is 0 Å². The van der Waals surface area contributed by atoms with Crippen LogP contribution in [-0.2, 0) is 0 Å². The average Bonchev–Trinajstić information content (AvgIpc) is 3.28. The summed E-state index contributed by atoms with van der Waals surface area (Å²) in [5, 5.41) is 4.97. The summed E-state index contributed by atoms with van der Waals surface area (Å²) in [6, 6.07) is 11.9. The number of likely N-dealkylation sites (tertiary alicyclic amines) is 1. The smallest absolute Gasteiger partial charge is 0.192 e. The molecule has 2 aromatic rings. The second-order valence-corrected chi connectivity index (χ2v) is 7.16. The van der Waals surface area contributed by atoms with Crippen molar-refractivity contribution in [1.29, 1.82) is 0 Å². The van der Waals surface area contributed by atoms with Crippen LogP contribution in [0, 0.1) is 0 Å². The van der Waals surface area contributed by atoms with Crippen LogP contribution in [0.3, 0.4) is 0 Å². The summed E-state index contributed by atoms with van der Waals surface area (Å²) in [5.41, 5.74) is 3.86. The fourth-order valence-electron chi connectivity index (χ4n) is 4.14. The highest BCUT2D eigenvalue weighted by Crippen LogP contribution is 2.47. The molecule has 1 unspecified atom stereocenters. The van der Waals surface area contributed by atoms with E-state index in [-0.39, 0.29) is 4.70 Å². The SMILES string of the molecule is COc1ccc2c(c1)C1=N[N+](N)(CCN3CCCC3)c3cccc(c31)O2. The van der Waals surface area contributed by atoms with Gasteiger partial charge in [-0.2, -0.15) is 0 Å². The van der Waals surface area contributed by atoms with E-state index in [0.29, 0.717) is 0 Å². The van der Waals surface area contributed by atoms with Crippen LogP contribution in [-0.4, -0.2) is 43.9 Å². The van der Waals surface area contributed by atoms with Gasteiger partial charge in [-0.25, -0.2) is 0 Å². The summed E-state index contributed by atoms with van der Waals surface area (Å²) in [6.07, 6.45) is 2.56. The van der Waals surface area contributed by atoms with Crippen LogP contribution in [0.4, 0.5) is 5.69 Å². The van der Waals surface area contributed by atoms with Crippen molar-refractivity contribution in [2.45, 2.75) is 12.8 Å². The van der Waals surface area contributed by atoms with Crippen LogP contribution in [0.15, 0.2) is 41.5 Å². The standard InChI is InChI=1S/C20H23N4O2/c1-25-14-7-8-17-15(13-14)20-19-16(5-4-6-18(19)26-17)24(21,22-20)12-11-23-9-2-3-10-23/h4-8,13H,2-3,9-12,21H2,1H3/q+1. The number of fused-ring (bicyclic) bond motifs is 2. The highest BCUT2D eigenvalue weighted by molar-refractivity contribution is 6.22. The van der Waals surface area contributed by atoms with Gasteiger partial charge in [0.15, 0.2) is 5.69 Å². The highest BCUT2D eigenvalue weighted by atomic mass is 16.5. The Hall–Kier alpha value is -2.41. The van der Waals surface area contributed by atoms with Crippen molar-refractivity contribution in [3.05, 3.63) is 47.5 Å². The lowest BCUT2D eigenvalue weighted by molar-refractivity contribution is 0.240. The molecule has 0 spiro atoms. The van der Waals surface area contributed by atoms with Gasteiger partial charge in [0.25, 0.3) is 0 Å². The molecule has 3 aliphatic rings. The van der Waals surface area contributed by atoms with Crippen molar-refractivity contribution < 1.29 is 9.47 Å². The fraction of sp³-hybridized carbons (Fsp3) is 0.350. The predicted octanol–water partition coefficient (Wildman–Crippen LogP) is 2.84. The first-order valence-electron chi connectivity index (χ1n) is 9.17. The van der Waals surface area contributed by atoms with Crippen LogP contribution >= 0.6 is 0 Å². The first-order valence-corrected chi connectivity index (χ1v) is 9.17. The van der Waals surface area contributed by atoms with Crippen LogP contribution in [0.2, 0.25) is 0 Å². The Labute approximate surface area is 153 Å². The van der Waals surface area contributed by atoms with E-state index in [2.05, 4.69) is 11.0 Å². The Morgan fingerprint density at radius 2 is 2.04 bits per heavy atom. The summed E-state index contributed by atoms with van der Waals surface area (Å²) >= 11 is 0. The van der Waals surface area contributed by atoms with Crippen LogP contribution in [0.1, 0.15) is 24.0 Å². The number of quaternary nitrogens is 1. The molecule has 6 nitrogen and oxygen atoms in total. The van der Waals surface area contributed by atoms with Gasteiger partial charge in [0.05, 0.1) is 19.2 Å². The quantitative estimate of drug-likeness (QED) is 0.580. The molecule has 2 N–H and O–H groups in total. The molecule has 1 atom stereocenters. The summed E-state index contributed by atoms with van der Waals surface area (Å²) in [5.74, 6) is 9.18. The molecule has 0 aliphatic carbocycles. The Kier molecular flexibility index (Phi) is 3.53. The predicted molar refractivity (Wildman–Crippen MR) is 102 cm³/mol. The molecule has 1 saturated heterocycles. The number of rotatable bonds is 4. The molecule has 26 heavy (non-hydrogen) atoms. The fourth-order valence-corrected chi connectivity index (χ4v) is 4.14. The molecule has 6 heteroatoms. The molecular formula is C20H23N4O2+. The van der Waals surface area contributed by atoms with Gasteiger partial charge in [0.1, 0.15) is 35.1 Å². The third-order valence-electron chi connectivity index (χ3n) is 5.55. The maximum atomic E-state index is 6.78. The minimum atomic E-state index is 0.0784. The maximum absolute atomic E-state index is 6.78. The molecule has 134 valence electrons. The molecular weight excluding hydrogens is 328 g/mol. The number of nitrogens with two attached hydrogens (primary N) is 1. The number of ether oxygens (including phenoxy) is 2. The van der Waals surface area contributed by atoms with Crippen LogP contribution < -0.4 is 20.0 Å². The first-order chi connectivity index (χ1) is 12.7. The Bertz CT molecular complexity index is 905. The van der Waals surface area contributed by atoms with Crippen LogP contribution in [0.5, 0.6) is 17.2 Å². The second-order valence-electron chi connectivity index (χ2n) is 7.16. The minimum absolute atomic E-state index is 0.0784. The van der Waals surface area contributed by atoms with Crippen molar-refractivity contribution in [3.8, 4) is 17.2 Å². The average molecular weight is 351 g/mol. The summed E-state index contributed by atoms with van der Waals surface area (Å²) in [6.45, 7) is 4.02. The number of methoxy groups -OCH3 is 1. The van der Waals surface area contributed by atoms with Gasteiger partial charge >= 0.3 is 0 Å². The highest BCUT2D eigenvalue weighted by Gasteiger charge is 2.44. The second kappa shape index (κ2) is 5.81. The molecule has 0 amide bonds. The van der Waals surface area contributed by atoms with Gasteiger partial charge in [-0.1, -0.05) is 15.9 Å². The molecule has 3 heterocycles. The normalized spacial score (nSPS) is 23.2. The molecule has 0 radical (unpaired) electrons. The number of hydrogen-bond donors (Lipinski definition) is 1. The third kappa shape index (κ3) is 2.34. The Balaban J connectivity index is 1.57. The molecule has 1 fully saturated rings. The van der Waals surface area contributed by atoms with E-state index in [0.717, 1.165) is 66.0 Å². The van der Waals surface area contributed by atoms with Crippen molar-refractivity contribution in [1.82, 2.24) is 9.60 Å². The molecule has 0 saturated carbocycles. The van der Waals surface area contributed by atoms with E-state index in [1.54, 1.807) is 7.11 Å².